The van der Waals surface area contributed by atoms with Crippen molar-refractivity contribution in [3.8, 4) is 0 Å². The van der Waals surface area contributed by atoms with Crippen LogP contribution in [0.15, 0.2) is 30.4 Å². The van der Waals surface area contributed by atoms with Gasteiger partial charge in [-0.2, -0.15) is 0 Å². The van der Waals surface area contributed by atoms with Crippen molar-refractivity contribution in [3.63, 3.8) is 0 Å². The number of carboxylic acid groups (broad SMARTS) is 1. The van der Waals surface area contributed by atoms with Crippen molar-refractivity contribution in [3.05, 3.63) is 47.0 Å². The number of carbonyl (C=O) groups is 1. The quantitative estimate of drug-likeness (QED) is 0.745. The molecule has 0 saturated heterocycles. The van der Waals surface area contributed by atoms with E-state index in [1.807, 2.05) is 12.1 Å². The number of benzene rings is 1. The molecule has 3 nitrogen and oxygen atoms in total. The molecule has 0 heterocycles. The molecule has 2 unspecified atom stereocenters. The van der Waals surface area contributed by atoms with Crippen LogP contribution < -0.4 is 5.32 Å². The van der Waals surface area contributed by atoms with Crippen molar-refractivity contribution in [2.75, 3.05) is 0 Å². The molecule has 1 amide bonds. The first-order valence-corrected chi connectivity index (χ1v) is 5.52. The molecular weight excluding hydrogens is 202 g/mol. The first-order chi connectivity index (χ1) is 7.75. The first kappa shape index (κ1) is 9.46. The fraction of sp³-hybridized carbons (Fsp3) is 0.308. The van der Waals surface area contributed by atoms with E-state index < -0.39 is 6.09 Å². The topological polar surface area (TPSA) is 49.3 Å². The Labute approximate surface area is 93.8 Å². The van der Waals surface area contributed by atoms with E-state index in [-0.39, 0.29) is 0 Å². The normalized spacial score (nSPS) is 24.5. The summed E-state index contributed by atoms with van der Waals surface area (Å²) >= 11 is 0. The zero-order valence-electron chi connectivity index (χ0n) is 8.81. The summed E-state index contributed by atoms with van der Waals surface area (Å²) in [6, 6.07) is 6.20. The minimum Gasteiger partial charge on any atom is -0.465 e. The number of rotatable bonds is 2. The molecule has 2 atom stereocenters. The van der Waals surface area contributed by atoms with Crippen molar-refractivity contribution in [2.24, 2.45) is 0 Å². The molecule has 0 aromatic heterocycles. The van der Waals surface area contributed by atoms with Crippen LogP contribution in [0.5, 0.6) is 0 Å². The van der Waals surface area contributed by atoms with E-state index in [0.29, 0.717) is 18.4 Å². The van der Waals surface area contributed by atoms with Crippen LogP contribution in [-0.2, 0) is 6.54 Å². The fourth-order valence-corrected chi connectivity index (χ4v) is 2.88. The van der Waals surface area contributed by atoms with Crippen LogP contribution in [0.1, 0.15) is 34.9 Å². The molecule has 0 spiro atoms. The number of fused-ring (bicyclic) bond motifs is 5. The van der Waals surface area contributed by atoms with Gasteiger partial charge in [0.1, 0.15) is 0 Å². The average molecular weight is 215 g/mol. The van der Waals surface area contributed by atoms with Gasteiger partial charge in [0.15, 0.2) is 0 Å². The van der Waals surface area contributed by atoms with E-state index in [1.54, 1.807) is 0 Å². The molecule has 2 N–H and O–H groups in total. The molecule has 2 bridgehead atoms. The predicted octanol–water partition coefficient (Wildman–Crippen LogP) is 2.59. The molecular formula is C13H13NO2. The van der Waals surface area contributed by atoms with Gasteiger partial charge in [0.2, 0.25) is 0 Å². The van der Waals surface area contributed by atoms with E-state index in [2.05, 4.69) is 23.5 Å². The Morgan fingerprint density at radius 1 is 1.38 bits per heavy atom. The van der Waals surface area contributed by atoms with Crippen molar-refractivity contribution in [2.45, 2.75) is 24.8 Å². The Hall–Kier alpha value is -1.77. The summed E-state index contributed by atoms with van der Waals surface area (Å²) in [5, 5.41) is 11.1. The lowest BCUT2D eigenvalue weighted by Gasteiger charge is -2.15. The number of nitrogens with one attached hydrogen (secondary N) is 1. The third kappa shape index (κ3) is 1.32. The summed E-state index contributed by atoms with van der Waals surface area (Å²) in [6.07, 6.45) is 4.72. The van der Waals surface area contributed by atoms with Crippen molar-refractivity contribution >= 4 is 6.09 Å². The minimum absolute atomic E-state index is 0.412. The first-order valence-electron chi connectivity index (χ1n) is 5.52. The summed E-state index contributed by atoms with van der Waals surface area (Å²) in [6.45, 7) is 0.412. The van der Waals surface area contributed by atoms with Crippen LogP contribution in [0.25, 0.3) is 0 Å². The molecule has 82 valence electrons. The highest BCUT2D eigenvalue weighted by molar-refractivity contribution is 5.64. The number of amides is 1. The molecule has 3 rings (SSSR count). The van der Waals surface area contributed by atoms with Crippen LogP contribution in [0, 0.1) is 0 Å². The molecule has 0 radical (unpaired) electrons. The van der Waals surface area contributed by atoms with E-state index in [9.17, 15) is 4.79 Å². The Morgan fingerprint density at radius 2 is 2.19 bits per heavy atom. The van der Waals surface area contributed by atoms with Crippen LogP contribution in [-0.4, -0.2) is 11.2 Å². The second-order valence-electron chi connectivity index (χ2n) is 4.41. The van der Waals surface area contributed by atoms with Crippen molar-refractivity contribution < 1.29 is 9.90 Å². The van der Waals surface area contributed by atoms with Gasteiger partial charge in [0.05, 0.1) is 0 Å². The maximum absolute atomic E-state index is 10.5. The molecule has 2 aliphatic carbocycles. The highest BCUT2D eigenvalue weighted by Crippen LogP contribution is 2.49. The van der Waals surface area contributed by atoms with E-state index in [0.717, 1.165) is 5.56 Å². The molecule has 3 heteroatoms. The molecule has 2 aliphatic rings. The Morgan fingerprint density at radius 3 is 3.00 bits per heavy atom. The monoisotopic (exact) mass is 215 g/mol. The fourth-order valence-electron chi connectivity index (χ4n) is 2.88. The van der Waals surface area contributed by atoms with Gasteiger partial charge in [0.25, 0.3) is 0 Å². The Kier molecular flexibility index (Phi) is 1.99. The zero-order valence-corrected chi connectivity index (χ0v) is 8.81. The number of allylic oxidation sites excluding steroid dienone is 2. The van der Waals surface area contributed by atoms with Gasteiger partial charge >= 0.3 is 6.09 Å². The molecule has 0 saturated carbocycles. The van der Waals surface area contributed by atoms with Gasteiger partial charge in [0, 0.05) is 18.4 Å². The Bertz CT molecular complexity index is 479. The third-order valence-electron chi connectivity index (χ3n) is 3.51. The lowest BCUT2D eigenvalue weighted by atomic mass is 9.92. The van der Waals surface area contributed by atoms with Crippen molar-refractivity contribution in [1.29, 1.82) is 0 Å². The molecule has 0 aliphatic heterocycles. The van der Waals surface area contributed by atoms with Gasteiger partial charge in [-0.05, 0) is 23.1 Å². The van der Waals surface area contributed by atoms with Gasteiger partial charge < -0.3 is 10.4 Å². The Balaban J connectivity index is 1.94. The molecule has 16 heavy (non-hydrogen) atoms. The second kappa shape index (κ2) is 3.37. The second-order valence-corrected chi connectivity index (χ2v) is 4.41. The van der Waals surface area contributed by atoms with Gasteiger partial charge in [-0.15, -0.1) is 0 Å². The van der Waals surface area contributed by atoms with E-state index in [1.165, 1.54) is 17.5 Å². The summed E-state index contributed by atoms with van der Waals surface area (Å²) in [5.74, 6) is 1.07. The summed E-state index contributed by atoms with van der Waals surface area (Å²) < 4.78 is 0. The average Bonchev–Trinajstić information content (AvgIpc) is 2.87. The highest BCUT2D eigenvalue weighted by Gasteiger charge is 2.33. The maximum Gasteiger partial charge on any atom is 0.404 e. The number of hydrogen-bond donors (Lipinski definition) is 2. The maximum atomic E-state index is 10.5. The van der Waals surface area contributed by atoms with Gasteiger partial charge in [-0.25, -0.2) is 4.79 Å². The van der Waals surface area contributed by atoms with Crippen molar-refractivity contribution in [1.82, 2.24) is 5.32 Å². The molecule has 1 aromatic rings. The minimum atomic E-state index is -0.962. The van der Waals surface area contributed by atoms with Crippen LogP contribution in [0.4, 0.5) is 4.79 Å². The lowest BCUT2D eigenvalue weighted by molar-refractivity contribution is 0.194. The predicted molar refractivity (Wildman–Crippen MR) is 60.5 cm³/mol. The van der Waals surface area contributed by atoms with Crippen LogP contribution in [0.2, 0.25) is 0 Å². The number of hydrogen-bond acceptors (Lipinski definition) is 1. The largest absolute Gasteiger partial charge is 0.465 e. The summed E-state index contributed by atoms with van der Waals surface area (Å²) in [7, 11) is 0. The van der Waals surface area contributed by atoms with Gasteiger partial charge in [-0.3, -0.25) is 0 Å². The van der Waals surface area contributed by atoms with Crippen LogP contribution in [0.3, 0.4) is 0 Å². The van der Waals surface area contributed by atoms with E-state index >= 15 is 0 Å². The standard InChI is InChI=1S/C13H13NO2/c15-13(16)14-7-10-2-1-3-11-8-4-5-9(6-8)12(10)11/h1-5,8-9,14H,6-7H2,(H,15,16). The van der Waals surface area contributed by atoms with Crippen LogP contribution >= 0.6 is 0 Å². The zero-order chi connectivity index (χ0) is 11.1. The van der Waals surface area contributed by atoms with Gasteiger partial charge in [-0.1, -0.05) is 30.4 Å². The lowest BCUT2D eigenvalue weighted by Crippen LogP contribution is -2.21. The van der Waals surface area contributed by atoms with E-state index in [4.69, 9.17) is 5.11 Å². The SMILES string of the molecule is O=C(O)NCc1cccc2c1C1C=CC2C1. The molecule has 1 aromatic carbocycles. The smallest absolute Gasteiger partial charge is 0.404 e. The summed E-state index contributed by atoms with van der Waals surface area (Å²) in [5.41, 5.74) is 3.86. The third-order valence-corrected chi connectivity index (χ3v) is 3.51. The molecule has 0 fully saturated rings. The summed E-state index contributed by atoms with van der Waals surface area (Å²) in [4.78, 5) is 10.5. The highest BCUT2D eigenvalue weighted by atomic mass is 16.4.